The summed E-state index contributed by atoms with van der Waals surface area (Å²) in [5, 5.41) is 3.95. The summed E-state index contributed by atoms with van der Waals surface area (Å²) in [7, 11) is -1.24. The van der Waals surface area contributed by atoms with Crippen LogP contribution in [0.4, 0.5) is 5.69 Å². The Balaban J connectivity index is 0.00000529. The number of amides is 1. The summed E-state index contributed by atoms with van der Waals surface area (Å²) in [4.78, 5) is 13.1. The van der Waals surface area contributed by atoms with Crippen LogP contribution in [-0.4, -0.2) is 30.1 Å². The Kier molecular flexibility index (Phi) is 11.5. The molecule has 0 aliphatic carbocycles. The van der Waals surface area contributed by atoms with Crippen LogP contribution < -0.4 is 5.32 Å². The number of anilines is 1. The van der Waals surface area contributed by atoms with Crippen molar-refractivity contribution < 1.29 is 37.5 Å². The number of carbonyl (C=O) groups is 1. The fraction of sp³-hybridized carbons (Fsp3) is 0.632. The van der Waals surface area contributed by atoms with E-state index < -0.39 is 7.26 Å². The van der Waals surface area contributed by atoms with Crippen LogP contribution in [0.1, 0.15) is 51.7 Å². The minimum Gasteiger partial charge on any atom is -0.322 e. The molecule has 1 aromatic rings. The third-order valence-corrected chi connectivity index (χ3v) is 11.0. The van der Waals surface area contributed by atoms with Gasteiger partial charge in [-0.2, -0.15) is 0 Å². The van der Waals surface area contributed by atoms with Crippen molar-refractivity contribution in [2.45, 2.75) is 60.0 Å². The van der Waals surface area contributed by atoms with Crippen LogP contribution in [0.2, 0.25) is 5.02 Å². The molecular formula is C19H32ClNOPY+. The van der Waals surface area contributed by atoms with Gasteiger partial charge >= 0.3 is 0 Å². The van der Waals surface area contributed by atoms with Gasteiger partial charge < -0.3 is 5.32 Å². The Morgan fingerprint density at radius 1 is 1.08 bits per heavy atom. The Hall–Kier alpha value is 0.514. The molecule has 1 N–H and O–H groups in total. The number of aryl methyl sites for hydroxylation is 2. The van der Waals surface area contributed by atoms with E-state index in [0.717, 1.165) is 53.2 Å². The van der Waals surface area contributed by atoms with E-state index in [2.05, 4.69) is 33.0 Å². The van der Waals surface area contributed by atoms with Crippen molar-refractivity contribution in [3.8, 4) is 0 Å². The van der Waals surface area contributed by atoms with E-state index >= 15 is 0 Å². The van der Waals surface area contributed by atoms with E-state index in [1.165, 1.54) is 0 Å². The van der Waals surface area contributed by atoms with E-state index in [1.807, 2.05) is 26.0 Å². The largest absolute Gasteiger partial charge is 0.322 e. The molecule has 1 unspecified atom stereocenters. The van der Waals surface area contributed by atoms with Gasteiger partial charge in [0.2, 0.25) is 0 Å². The van der Waals surface area contributed by atoms with Gasteiger partial charge in [-0.3, -0.25) is 4.79 Å². The summed E-state index contributed by atoms with van der Waals surface area (Å²) in [5.41, 5.74) is 3.17. The fourth-order valence-electron chi connectivity index (χ4n) is 3.57. The first-order valence-electron chi connectivity index (χ1n) is 8.78. The topological polar surface area (TPSA) is 29.1 Å². The van der Waals surface area contributed by atoms with Crippen LogP contribution in [0.3, 0.4) is 0 Å². The maximum absolute atomic E-state index is 13.1. The molecule has 0 saturated carbocycles. The second-order valence-electron chi connectivity index (χ2n) is 6.38. The first-order chi connectivity index (χ1) is 10.8. The number of carbonyl (C=O) groups excluding carboxylic acids is 1. The quantitative estimate of drug-likeness (QED) is 0.478. The summed E-state index contributed by atoms with van der Waals surface area (Å²) in [6.07, 6.45) is 5.49. The van der Waals surface area contributed by atoms with Crippen LogP contribution in [0.15, 0.2) is 12.1 Å². The van der Waals surface area contributed by atoms with Crippen LogP contribution in [0, 0.1) is 13.8 Å². The van der Waals surface area contributed by atoms with E-state index in [9.17, 15) is 4.79 Å². The van der Waals surface area contributed by atoms with Gasteiger partial charge in [-0.05, 0) is 64.3 Å². The number of hydrogen-bond donors (Lipinski definition) is 1. The van der Waals surface area contributed by atoms with Gasteiger partial charge in [0.1, 0.15) is 5.66 Å². The maximum atomic E-state index is 13.1. The molecular weight excluding hydrogens is 414 g/mol. The van der Waals surface area contributed by atoms with Crippen molar-refractivity contribution in [1.82, 2.24) is 0 Å². The van der Waals surface area contributed by atoms with Crippen LogP contribution in [-0.2, 0) is 37.5 Å². The molecule has 0 aliphatic heterocycles. The minimum absolute atomic E-state index is 0. The average molecular weight is 446 g/mol. The Labute approximate surface area is 179 Å². The number of rotatable bonds is 8. The number of halogens is 1. The molecule has 2 nitrogen and oxygen atoms in total. The molecule has 1 amide bonds. The van der Waals surface area contributed by atoms with Crippen molar-refractivity contribution in [3.63, 3.8) is 0 Å². The van der Waals surface area contributed by atoms with Crippen molar-refractivity contribution in [1.29, 1.82) is 0 Å². The molecule has 5 heteroatoms. The summed E-state index contributed by atoms with van der Waals surface area (Å²) < 4.78 is 0. The van der Waals surface area contributed by atoms with Crippen LogP contribution >= 0.6 is 18.9 Å². The fourth-order valence-corrected chi connectivity index (χ4v) is 7.93. The molecule has 0 heterocycles. The summed E-state index contributed by atoms with van der Waals surface area (Å²) >= 11 is 6.10. The van der Waals surface area contributed by atoms with Gasteiger partial charge in [-0.15, -0.1) is 0 Å². The molecule has 1 radical (unpaired) electrons. The second-order valence-corrected chi connectivity index (χ2v) is 11.8. The summed E-state index contributed by atoms with van der Waals surface area (Å²) in [5.74, 6) is 0.208. The normalized spacial score (nSPS) is 12.5. The van der Waals surface area contributed by atoms with E-state index in [-0.39, 0.29) is 44.3 Å². The van der Waals surface area contributed by atoms with Crippen LogP contribution in [0.25, 0.3) is 0 Å². The Morgan fingerprint density at radius 2 is 1.54 bits per heavy atom. The number of hydrogen-bond acceptors (Lipinski definition) is 1. The van der Waals surface area contributed by atoms with E-state index in [1.54, 1.807) is 0 Å². The summed E-state index contributed by atoms with van der Waals surface area (Å²) in [6.45, 7) is 13.0. The third-order valence-electron chi connectivity index (χ3n) is 5.16. The zero-order valence-corrected chi connectivity index (χ0v) is 20.6. The first kappa shape index (κ1) is 24.5. The van der Waals surface area contributed by atoms with E-state index in [4.69, 9.17) is 11.6 Å². The van der Waals surface area contributed by atoms with Crippen LogP contribution in [0.5, 0.6) is 0 Å². The van der Waals surface area contributed by atoms with Gasteiger partial charge in [0.25, 0.3) is 5.91 Å². The van der Waals surface area contributed by atoms with Gasteiger partial charge in [-0.1, -0.05) is 24.9 Å². The number of benzene rings is 1. The SMILES string of the molecule is CCCC(C(=O)Nc1c(C)cc(Cl)cc1C)[P+](CC)(CC)CC.[Y]. The zero-order chi connectivity index (χ0) is 17.6. The molecule has 0 spiro atoms. The predicted molar refractivity (Wildman–Crippen MR) is 107 cm³/mol. The molecule has 1 aromatic carbocycles. The molecule has 0 aliphatic rings. The first-order valence-corrected chi connectivity index (χ1v) is 11.6. The third kappa shape index (κ3) is 5.77. The van der Waals surface area contributed by atoms with Gasteiger partial charge in [-0.25, -0.2) is 0 Å². The second kappa shape index (κ2) is 11.3. The standard InChI is InChI=1S/C19H31ClNOP.Y/c1-7-11-17(23(8-2,9-3)10-4)19(22)21-18-14(5)12-16(20)13-15(18)6;/h12-13,17H,7-11H2,1-6H3;/p+1. The van der Waals surface area contributed by atoms with Crippen molar-refractivity contribution >= 4 is 30.5 Å². The molecule has 0 fully saturated rings. The van der Waals surface area contributed by atoms with E-state index in [0.29, 0.717) is 0 Å². The van der Waals surface area contributed by atoms with Gasteiger partial charge in [0.05, 0.1) is 18.5 Å². The average Bonchev–Trinajstić information content (AvgIpc) is 2.51. The van der Waals surface area contributed by atoms with Crippen molar-refractivity contribution in [2.24, 2.45) is 0 Å². The smallest absolute Gasteiger partial charge is 0.265 e. The van der Waals surface area contributed by atoms with Crippen molar-refractivity contribution in [3.05, 3.63) is 28.3 Å². The molecule has 1 rings (SSSR count). The van der Waals surface area contributed by atoms with Gasteiger partial charge in [0.15, 0.2) is 0 Å². The molecule has 0 bridgehead atoms. The molecule has 133 valence electrons. The molecule has 1 atom stereocenters. The molecule has 0 saturated heterocycles. The predicted octanol–water partition coefficient (Wildman–Crippen LogP) is 6.14. The molecule has 0 aromatic heterocycles. The maximum Gasteiger partial charge on any atom is 0.265 e. The summed E-state index contributed by atoms with van der Waals surface area (Å²) in [6, 6.07) is 3.84. The molecule has 24 heavy (non-hydrogen) atoms. The zero-order valence-electron chi connectivity index (χ0n) is 16.1. The monoisotopic (exact) mass is 445 g/mol. The minimum atomic E-state index is -1.24. The van der Waals surface area contributed by atoms with Crippen molar-refractivity contribution in [2.75, 3.05) is 23.8 Å². The van der Waals surface area contributed by atoms with Gasteiger partial charge in [0, 0.05) is 50.7 Å². The Bertz CT molecular complexity index is 515. The Morgan fingerprint density at radius 3 is 1.92 bits per heavy atom. The number of nitrogens with one attached hydrogen (secondary N) is 1.